The molecule has 144 valence electrons. The van der Waals surface area contributed by atoms with Crippen LogP contribution in [-0.4, -0.2) is 48.7 Å². The van der Waals surface area contributed by atoms with E-state index in [-0.39, 0.29) is 37.2 Å². The van der Waals surface area contributed by atoms with Gasteiger partial charge in [0.25, 0.3) is 0 Å². The minimum atomic E-state index is 0. The second-order valence-electron chi connectivity index (χ2n) is 6.72. The van der Waals surface area contributed by atoms with Gasteiger partial charge in [0.1, 0.15) is 0 Å². The van der Waals surface area contributed by atoms with Gasteiger partial charge in [-0.25, -0.2) is 9.97 Å². The van der Waals surface area contributed by atoms with Crippen molar-refractivity contribution in [3.05, 3.63) is 18.0 Å². The molecule has 6 nitrogen and oxygen atoms in total. The molecule has 0 aliphatic carbocycles. The molecule has 0 saturated carbocycles. The summed E-state index contributed by atoms with van der Waals surface area (Å²) in [6, 6.07) is 2.59. The quantitative estimate of drug-likeness (QED) is 0.706. The van der Waals surface area contributed by atoms with Crippen molar-refractivity contribution in [3.63, 3.8) is 0 Å². The van der Waals surface area contributed by atoms with Crippen LogP contribution in [0, 0.1) is 5.92 Å². The normalized spacial score (nSPS) is 26.5. The molecule has 2 unspecified atom stereocenters. The predicted molar refractivity (Wildman–Crippen MR) is 108 cm³/mol. The second kappa shape index (κ2) is 10.7. The summed E-state index contributed by atoms with van der Waals surface area (Å²) >= 11 is 0. The third-order valence-corrected chi connectivity index (χ3v) is 5.35. The zero-order valence-electron chi connectivity index (χ0n) is 14.3. The number of nitrogens with zero attached hydrogens (tertiary/aromatic N) is 3. The van der Waals surface area contributed by atoms with E-state index in [0.29, 0.717) is 12.0 Å². The van der Waals surface area contributed by atoms with E-state index < -0.39 is 0 Å². The van der Waals surface area contributed by atoms with Crippen molar-refractivity contribution < 1.29 is 0 Å². The van der Waals surface area contributed by atoms with E-state index in [9.17, 15) is 0 Å². The highest BCUT2D eigenvalue weighted by Crippen LogP contribution is 2.30. The molecule has 3 aliphatic heterocycles. The molecular formula is C16H29Cl3N6. The summed E-state index contributed by atoms with van der Waals surface area (Å²) in [7, 11) is 0. The molecule has 2 atom stereocenters. The highest BCUT2D eigenvalue weighted by molar-refractivity contribution is 5.86. The largest absolute Gasteiger partial charge is 0.341 e. The first-order valence-corrected chi connectivity index (χ1v) is 8.69. The molecule has 25 heavy (non-hydrogen) atoms. The molecular weight excluding hydrogens is 383 g/mol. The minimum absolute atomic E-state index is 0. The standard InChI is InChI=1S/C16H26N6.3ClH/c1-2-10-22(9-1)16-18-8-5-14(20-16)13-11-19-21-15(13)12-3-6-17-7-4-12;;;/h5,8,12-13,15,17,19,21H,1-4,6-7,9-11H2;3*1H. The SMILES string of the molecule is Cl.Cl.Cl.c1cc(C2CNNC2C2CCNCC2)nc(N2CCCC2)n1. The van der Waals surface area contributed by atoms with Crippen LogP contribution in [0.4, 0.5) is 5.95 Å². The van der Waals surface area contributed by atoms with Gasteiger partial charge in [-0.3, -0.25) is 10.9 Å². The summed E-state index contributed by atoms with van der Waals surface area (Å²) in [5.74, 6) is 2.10. The Balaban J connectivity index is 0.00000104. The number of anilines is 1. The van der Waals surface area contributed by atoms with Crippen molar-refractivity contribution >= 4 is 43.2 Å². The molecule has 0 radical (unpaired) electrons. The van der Waals surface area contributed by atoms with E-state index in [2.05, 4.69) is 32.1 Å². The van der Waals surface area contributed by atoms with Crippen molar-refractivity contribution in [2.45, 2.75) is 37.6 Å². The molecule has 4 heterocycles. The van der Waals surface area contributed by atoms with Gasteiger partial charge in [0.05, 0.1) is 5.69 Å². The molecule has 4 rings (SSSR count). The summed E-state index contributed by atoms with van der Waals surface area (Å²) in [5.41, 5.74) is 8.07. The van der Waals surface area contributed by atoms with Gasteiger partial charge in [-0.2, -0.15) is 0 Å². The van der Waals surface area contributed by atoms with Crippen molar-refractivity contribution in [3.8, 4) is 0 Å². The van der Waals surface area contributed by atoms with Gasteiger partial charge >= 0.3 is 0 Å². The molecule has 9 heteroatoms. The van der Waals surface area contributed by atoms with Crippen LogP contribution in [-0.2, 0) is 0 Å². The summed E-state index contributed by atoms with van der Waals surface area (Å²) in [6.07, 6.45) is 6.96. The molecule has 0 aromatic carbocycles. The third kappa shape index (κ3) is 5.08. The lowest BCUT2D eigenvalue weighted by molar-refractivity contribution is 0.278. The molecule has 0 amide bonds. The average molecular weight is 412 g/mol. The number of piperidine rings is 1. The molecule has 0 spiro atoms. The first-order chi connectivity index (χ1) is 10.9. The smallest absolute Gasteiger partial charge is 0.225 e. The van der Waals surface area contributed by atoms with Gasteiger partial charge in [0.15, 0.2) is 0 Å². The topological polar surface area (TPSA) is 65.1 Å². The van der Waals surface area contributed by atoms with Gasteiger partial charge < -0.3 is 10.2 Å². The minimum Gasteiger partial charge on any atom is -0.341 e. The molecule has 3 aliphatic rings. The Hall–Kier alpha value is -0.370. The zero-order valence-corrected chi connectivity index (χ0v) is 16.8. The van der Waals surface area contributed by atoms with Crippen LogP contribution >= 0.6 is 37.2 Å². The molecule has 1 aromatic rings. The monoisotopic (exact) mass is 410 g/mol. The van der Waals surface area contributed by atoms with Gasteiger partial charge in [-0.1, -0.05) is 0 Å². The number of aromatic nitrogens is 2. The third-order valence-electron chi connectivity index (χ3n) is 5.35. The number of halogens is 3. The number of hydrogen-bond donors (Lipinski definition) is 3. The Labute approximate surface area is 168 Å². The second-order valence-corrected chi connectivity index (χ2v) is 6.72. The highest BCUT2D eigenvalue weighted by Gasteiger charge is 2.36. The first-order valence-electron chi connectivity index (χ1n) is 8.69. The van der Waals surface area contributed by atoms with E-state index in [4.69, 9.17) is 4.98 Å². The molecule has 3 N–H and O–H groups in total. The van der Waals surface area contributed by atoms with Crippen LogP contribution in [0.2, 0.25) is 0 Å². The van der Waals surface area contributed by atoms with Crippen molar-refractivity contribution in [2.75, 3.05) is 37.6 Å². The number of hydrazine groups is 1. The summed E-state index contributed by atoms with van der Waals surface area (Å²) < 4.78 is 0. The predicted octanol–water partition coefficient (Wildman–Crippen LogP) is 1.90. The fourth-order valence-electron chi connectivity index (χ4n) is 4.09. The molecule has 3 fully saturated rings. The van der Waals surface area contributed by atoms with E-state index >= 15 is 0 Å². The lowest BCUT2D eigenvalue weighted by Gasteiger charge is -2.31. The lowest BCUT2D eigenvalue weighted by atomic mass is 9.82. The van der Waals surface area contributed by atoms with Crippen LogP contribution in [0.25, 0.3) is 0 Å². The maximum absolute atomic E-state index is 4.90. The fourth-order valence-corrected chi connectivity index (χ4v) is 4.09. The zero-order chi connectivity index (χ0) is 14.8. The Morgan fingerprint density at radius 2 is 1.76 bits per heavy atom. The Morgan fingerprint density at radius 3 is 2.48 bits per heavy atom. The van der Waals surface area contributed by atoms with Crippen molar-refractivity contribution in [1.29, 1.82) is 0 Å². The van der Waals surface area contributed by atoms with Crippen LogP contribution in [0.3, 0.4) is 0 Å². The van der Waals surface area contributed by atoms with Gasteiger partial charge in [0.2, 0.25) is 5.95 Å². The number of rotatable bonds is 3. The average Bonchev–Trinajstić information content (AvgIpc) is 3.27. The Morgan fingerprint density at radius 1 is 1.04 bits per heavy atom. The maximum Gasteiger partial charge on any atom is 0.225 e. The molecule has 3 saturated heterocycles. The van der Waals surface area contributed by atoms with Crippen molar-refractivity contribution in [1.82, 2.24) is 26.1 Å². The Kier molecular flexibility index (Phi) is 9.70. The van der Waals surface area contributed by atoms with E-state index in [1.54, 1.807) is 0 Å². The number of hydrogen-bond acceptors (Lipinski definition) is 6. The number of nitrogens with one attached hydrogen (secondary N) is 3. The van der Waals surface area contributed by atoms with E-state index in [1.165, 1.54) is 31.4 Å². The fraction of sp³-hybridized carbons (Fsp3) is 0.750. The van der Waals surface area contributed by atoms with Crippen molar-refractivity contribution in [2.24, 2.45) is 5.92 Å². The van der Waals surface area contributed by atoms with Crippen LogP contribution in [0.1, 0.15) is 37.3 Å². The summed E-state index contributed by atoms with van der Waals surface area (Å²) in [4.78, 5) is 11.7. The van der Waals surface area contributed by atoms with Gasteiger partial charge in [0, 0.05) is 37.8 Å². The van der Waals surface area contributed by atoms with E-state index in [1.807, 2.05) is 6.20 Å². The maximum atomic E-state index is 4.90. The lowest BCUT2D eigenvalue weighted by Crippen LogP contribution is -2.42. The van der Waals surface area contributed by atoms with Crippen LogP contribution in [0.15, 0.2) is 12.3 Å². The van der Waals surface area contributed by atoms with E-state index in [0.717, 1.165) is 44.6 Å². The Bertz CT molecular complexity index is 508. The van der Waals surface area contributed by atoms with Gasteiger partial charge in [-0.05, 0) is 50.8 Å². The molecule has 0 bridgehead atoms. The van der Waals surface area contributed by atoms with Gasteiger partial charge in [-0.15, -0.1) is 37.2 Å². The summed E-state index contributed by atoms with van der Waals surface area (Å²) in [5, 5.41) is 3.46. The van der Waals surface area contributed by atoms with Crippen LogP contribution in [0.5, 0.6) is 0 Å². The van der Waals surface area contributed by atoms with Crippen LogP contribution < -0.4 is 21.1 Å². The first kappa shape index (κ1) is 22.7. The molecule has 1 aromatic heterocycles. The summed E-state index contributed by atoms with van der Waals surface area (Å²) in [6.45, 7) is 5.44. The highest BCUT2D eigenvalue weighted by atomic mass is 35.5.